The molecule has 0 aromatic heterocycles. The van der Waals surface area contributed by atoms with Crippen LogP contribution in [-0.2, 0) is 0 Å². The van der Waals surface area contributed by atoms with Crippen LogP contribution in [0.2, 0.25) is 0 Å². The van der Waals surface area contributed by atoms with Crippen LogP contribution in [0.25, 0.3) is 11.4 Å². The fourth-order valence-electron chi connectivity index (χ4n) is 2.49. The van der Waals surface area contributed by atoms with Crippen molar-refractivity contribution in [3.8, 4) is 17.5 Å². The predicted octanol–water partition coefficient (Wildman–Crippen LogP) is 3.27. The summed E-state index contributed by atoms with van der Waals surface area (Å²) in [6.07, 6.45) is -2.70. The lowest BCUT2D eigenvalue weighted by atomic mass is 10.2. The van der Waals surface area contributed by atoms with Gasteiger partial charge in [-0.05, 0) is 30.3 Å². The summed E-state index contributed by atoms with van der Waals surface area (Å²) in [5.41, 5.74) is 1.41. The fourth-order valence-corrected chi connectivity index (χ4v) is 2.49. The van der Waals surface area contributed by atoms with Crippen LogP contribution < -0.4 is 16.0 Å². The largest absolute Gasteiger partial charge is 0.405 e. The Kier molecular flexibility index (Phi) is 5.82. The van der Waals surface area contributed by atoms with Gasteiger partial charge >= 0.3 is 6.18 Å². The Morgan fingerprint density at radius 2 is 1.97 bits per heavy atom. The van der Waals surface area contributed by atoms with Crippen molar-refractivity contribution in [2.75, 3.05) is 23.7 Å². The Labute approximate surface area is 163 Å². The van der Waals surface area contributed by atoms with Crippen molar-refractivity contribution in [3.05, 3.63) is 42.1 Å². The number of aromatic amines is 1. The molecule has 1 aromatic rings. The van der Waals surface area contributed by atoms with Crippen LogP contribution in [0.1, 0.15) is 16.8 Å². The van der Waals surface area contributed by atoms with Gasteiger partial charge in [0, 0.05) is 24.0 Å². The molecular formula is C18H16F3N7O. The first-order valence-electron chi connectivity index (χ1n) is 8.53. The van der Waals surface area contributed by atoms with Crippen molar-refractivity contribution in [1.82, 2.24) is 20.3 Å². The molecule has 1 aromatic carbocycles. The Morgan fingerprint density at radius 1 is 1.21 bits per heavy atom. The SMILES string of the molecule is N#CCCNC(=O)c1ccc(Nc2nc(NCC(F)(F)F)c3ccnc-3[nH]2)cc1. The predicted molar refractivity (Wildman–Crippen MR) is 99.8 cm³/mol. The molecule has 0 atom stereocenters. The number of benzene rings is 1. The summed E-state index contributed by atoms with van der Waals surface area (Å²) < 4.78 is 37.6. The summed E-state index contributed by atoms with van der Waals surface area (Å²) in [5, 5.41) is 16.3. The lowest BCUT2D eigenvalue weighted by molar-refractivity contribution is -0.115. The average Bonchev–Trinajstić information content (AvgIpc) is 3.15. The van der Waals surface area contributed by atoms with Gasteiger partial charge in [-0.3, -0.25) is 4.79 Å². The van der Waals surface area contributed by atoms with E-state index >= 15 is 0 Å². The second-order valence-corrected chi connectivity index (χ2v) is 5.98. The van der Waals surface area contributed by atoms with Crippen molar-refractivity contribution in [3.63, 3.8) is 0 Å². The average molecular weight is 403 g/mol. The molecule has 8 nitrogen and oxygen atoms in total. The van der Waals surface area contributed by atoms with Crippen molar-refractivity contribution in [2.45, 2.75) is 12.6 Å². The van der Waals surface area contributed by atoms with Gasteiger partial charge in [0.2, 0.25) is 5.95 Å². The van der Waals surface area contributed by atoms with E-state index in [0.29, 0.717) is 22.6 Å². The Balaban J connectivity index is 1.73. The molecule has 4 N–H and O–H groups in total. The molecule has 29 heavy (non-hydrogen) atoms. The summed E-state index contributed by atoms with van der Waals surface area (Å²) >= 11 is 0. The lowest BCUT2D eigenvalue weighted by Gasteiger charge is -2.14. The summed E-state index contributed by atoms with van der Waals surface area (Å²) in [6, 6.07) is 9.89. The number of nitrogens with zero attached hydrogens (tertiary/aromatic N) is 3. The molecule has 0 fully saturated rings. The third-order valence-electron chi connectivity index (χ3n) is 3.80. The zero-order valence-electron chi connectivity index (χ0n) is 15.0. The van der Waals surface area contributed by atoms with Gasteiger partial charge < -0.3 is 20.9 Å². The first-order valence-corrected chi connectivity index (χ1v) is 8.53. The molecule has 11 heteroatoms. The number of aromatic nitrogens is 3. The molecule has 0 radical (unpaired) electrons. The van der Waals surface area contributed by atoms with E-state index < -0.39 is 12.7 Å². The molecular weight excluding hydrogens is 387 g/mol. The molecule has 0 aliphatic carbocycles. The number of rotatable bonds is 7. The van der Waals surface area contributed by atoms with E-state index in [4.69, 9.17) is 5.26 Å². The van der Waals surface area contributed by atoms with E-state index in [2.05, 4.69) is 30.9 Å². The van der Waals surface area contributed by atoms with E-state index in [-0.39, 0.29) is 30.6 Å². The van der Waals surface area contributed by atoms with Crippen LogP contribution in [-0.4, -0.2) is 40.1 Å². The van der Waals surface area contributed by atoms with Crippen LogP contribution in [0.5, 0.6) is 0 Å². The number of carbonyl (C=O) groups is 1. The smallest absolute Gasteiger partial charge is 0.360 e. The molecule has 150 valence electrons. The van der Waals surface area contributed by atoms with Crippen molar-refractivity contribution >= 4 is 23.4 Å². The van der Waals surface area contributed by atoms with E-state index in [0.717, 1.165) is 0 Å². The minimum atomic E-state index is -4.38. The summed E-state index contributed by atoms with van der Waals surface area (Å²) in [5.74, 6) is 0.301. The van der Waals surface area contributed by atoms with Crippen LogP contribution >= 0.6 is 0 Å². The number of nitrogens with one attached hydrogen (secondary N) is 4. The van der Waals surface area contributed by atoms with E-state index in [1.807, 2.05) is 6.07 Å². The molecule has 3 rings (SSSR count). The normalized spacial score (nSPS) is 11.1. The topological polar surface area (TPSA) is 119 Å². The van der Waals surface area contributed by atoms with Crippen molar-refractivity contribution in [2.24, 2.45) is 0 Å². The maximum absolute atomic E-state index is 12.5. The van der Waals surface area contributed by atoms with Gasteiger partial charge in [0.1, 0.15) is 18.2 Å². The van der Waals surface area contributed by atoms with E-state index in [1.54, 1.807) is 30.3 Å². The highest BCUT2D eigenvalue weighted by atomic mass is 19.4. The minimum Gasteiger partial charge on any atom is -0.360 e. The molecule has 0 saturated carbocycles. The summed E-state index contributed by atoms with van der Waals surface area (Å²) in [4.78, 5) is 23.1. The van der Waals surface area contributed by atoms with E-state index in [9.17, 15) is 18.0 Å². The highest BCUT2D eigenvalue weighted by Gasteiger charge is 2.28. The number of alkyl halides is 3. The second kappa shape index (κ2) is 8.47. The van der Waals surface area contributed by atoms with Gasteiger partial charge in [0.15, 0.2) is 0 Å². The minimum absolute atomic E-state index is 0.0459. The maximum atomic E-state index is 12.5. The summed E-state index contributed by atoms with van der Waals surface area (Å²) in [6.45, 7) is -0.964. The monoisotopic (exact) mass is 403 g/mol. The zero-order chi connectivity index (χ0) is 20.9. The molecule has 0 saturated heterocycles. The molecule has 0 bridgehead atoms. The molecule has 2 heterocycles. The number of nitriles is 1. The molecule has 1 amide bonds. The Hall–Kier alpha value is -3.81. The van der Waals surface area contributed by atoms with Crippen LogP contribution in [0.4, 0.5) is 30.6 Å². The number of anilines is 3. The molecule has 0 unspecified atom stereocenters. The number of carbonyl (C=O) groups excluding carboxylic acids is 1. The van der Waals surface area contributed by atoms with Crippen molar-refractivity contribution < 1.29 is 18.0 Å². The highest BCUT2D eigenvalue weighted by Crippen LogP contribution is 2.29. The standard InChI is InChI=1S/C18H16F3N7O/c19-18(20,21)10-25-15-13-6-9-23-14(13)27-17(28-15)26-12-4-2-11(3-5-12)16(29)24-8-1-7-22/h2-6,9H,1,8,10H2,(H,24,29)(H3,23,25,26,27,28). The first-order chi connectivity index (χ1) is 13.9. The number of halogens is 3. The van der Waals surface area contributed by atoms with Gasteiger partial charge in [-0.2, -0.15) is 23.4 Å². The fraction of sp³-hybridized carbons (Fsp3) is 0.222. The number of amides is 1. The van der Waals surface area contributed by atoms with Crippen molar-refractivity contribution in [1.29, 1.82) is 5.26 Å². The third kappa shape index (κ3) is 5.35. The number of hydrogen-bond acceptors (Lipinski definition) is 6. The highest BCUT2D eigenvalue weighted by molar-refractivity contribution is 5.94. The molecule has 0 spiro atoms. The summed E-state index contributed by atoms with van der Waals surface area (Å²) in [7, 11) is 0. The zero-order valence-corrected chi connectivity index (χ0v) is 15.0. The van der Waals surface area contributed by atoms with Gasteiger partial charge in [-0.15, -0.1) is 0 Å². The number of hydrogen-bond donors (Lipinski definition) is 4. The number of H-pyrrole nitrogens is 1. The first kappa shape index (κ1) is 19.9. The molecule has 2 aliphatic heterocycles. The van der Waals surface area contributed by atoms with E-state index in [1.165, 1.54) is 6.20 Å². The number of fused-ring (bicyclic) bond motifs is 1. The van der Waals surface area contributed by atoms with Gasteiger partial charge in [0.05, 0.1) is 18.1 Å². The van der Waals surface area contributed by atoms with Gasteiger partial charge in [-0.1, -0.05) is 0 Å². The lowest BCUT2D eigenvalue weighted by Crippen LogP contribution is -2.24. The quantitative estimate of drug-likeness (QED) is 0.450. The van der Waals surface area contributed by atoms with Gasteiger partial charge in [-0.25, -0.2) is 4.98 Å². The van der Waals surface area contributed by atoms with Crippen LogP contribution in [0, 0.1) is 11.3 Å². The Morgan fingerprint density at radius 3 is 2.66 bits per heavy atom. The van der Waals surface area contributed by atoms with Crippen LogP contribution in [0.15, 0.2) is 36.5 Å². The second-order valence-electron chi connectivity index (χ2n) is 5.98. The van der Waals surface area contributed by atoms with Gasteiger partial charge in [0.25, 0.3) is 5.91 Å². The Bertz CT molecular complexity index is 992. The molecule has 2 aliphatic rings. The maximum Gasteiger partial charge on any atom is 0.405 e. The van der Waals surface area contributed by atoms with Crippen LogP contribution in [0.3, 0.4) is 0 Å². The third-order valence-corrected chi connectivity index (χ3v) is 3.80.